The molecule has 0 saturated carbocycles. The fraction of sp³-hybridized carbons (Fsp3) is 0.526. The Morgan fingerprint density at radius 1 is 1.18 bits per heavy atom. The molecule has 1 atom stereocenters. The van der Waals surface area contributed by atoms with Gasteiger partial charge in [0.15, 0.2) is 6.29 Å². The number of carbonyl (C=O) groups is 3. The van der Waals surface area contributed by atoms with Crippen molar-refractivity contribution in [1.82, 2.24) is 15.6 Å². The first-order valence-corrected chi connectivity index (χ1v) is 9.04. The molecule has 1 aromatic rings. The van der Waals surface area contributed by atoms with Crippen molar-refractivity contribution in [1.29, 1.82) is 0 Å². The van der Waals surface area contributed by atoms with E-state index in [0.717, 1.165) is 5.56 Å². The van der Waals surface area contributed by atoms with Gasteiger partial charge in [0.1, 0.15) is 11.6 Å². The first-order chi connectivity index (χ1) is 13.2. The summed E-state index contributed by atoms with van der Waals surface area (Å²) in [7, 11) is 3.07. The van der Waals surface area contributed by atoms with Gasteiger partial charge in [-0.15, -0.1) is 0 Å². The third-order valence-corrected chi connectivity index (χ3v) is 4.81. The van der Waals surface area contributed by atoms with Crippen molar-refractivity contribution in [3.8, 4) is 0 Å². The molecule has 0 spiro atoms. The lowest BCUT2D eigenvalue weighted by Gasteiger charge is -2.29. The smallest absolute Gasteiger partial charge is 0.259 e. The number of amides is 3. The van der Waals surface area contributed by atoms with E-state index in [-0.39, 0.29) is 11.8 Å². The number of likely N-dealkylation sites (tertiary alicyclic amines) is 1. The highest BCUT2D eigenvalue weighted by atomic mass is 16.7. The van der Waals surface area contributed by atoms with Gasteiger partial charge in [-0.3, -0.25) is 19.8 Å². The molecule has 1 saturated heterocycles. The quantitative estimate of drug-likeness (QED) is 0.268. The summed E-state index contributed by atoms with van der Waals surface area (Å²) in [4.78, 5) is 38.9. The number of rotatable bonds is 7. The number of ether oxygens (including phenoxy) is 2. The van der Waals surface area contributed by atoms with Crippen molar-refractivity contribution in [3.05, 3.63) is 35.4 Å². The Bertz CT molecular complexity index is 716. The molecule has 9 heteroatoms. The van der Waals surface area contributed by atoms with E-state index in [9.17, 15) is 14.4 Å². The average Bonchev–Trinajstić information content (AvgIpc) is 3.18. The number of nitrogens with two attached hydrogens (primary N) is 1. The van der Waals surface area contributed by atoms with Crippen LogP contribution in [0.4, 0.5) is 0 Å². The van der Waals surface area contributed by atoms with Crippen molar-refractivity contribution in [2.45, 2.75) is 44.6 Å². The van der Waals surface area contributed by atoms with E-state index in [0.29, 0.717) is 24.9 Å². The van der Waals surface area contributed by atoms with Crippen LogP contribution in [0.2, 0.25) is 0 Å². The molecule has 0 radical (unpaired) electrons. The number of nitrogens with one attached hydrogen (secondary N) is 2. The van der Waals surface area contributed by atoms with Crippen molar-refractivity contribution in [2.24, 2.45) is 5.84 Å². The highest BCUT2D eigenvalue weighted by Crippen LogP contribution is 2.23. The maximum atomic E-state index is 12.9. The van der Waals surface area contributed by atoms with Gasteiger partial charge in [-0.25, -0.2) is 5.84 Å². The summed E-state index contributed by atoms with van der Waals surface area (Å²) in [5.74, 6) is 4.02. The normalized spacial score (nSPS) is 16.9. The van der Waals surface area contributed by atoms with Crippen LogP contribution in [-0.4, -0.2) is 55.0 Å². The SMILES string of the molecule is COC(OC)c1ccc(C(=O)N2CCC[C@H]2C(=O)NC(C)(C)C(=O)NN)cc1. The molecule has 0 aliphatic carbocycles. The lowest BCUT2D eigenvalue weighted by Crippen LogP contribution is -2.59. The molecular weight excluding hydrogens is 364 g/mol. The zero-order chi connectivity index (χ0) is 20.9. The number of benzene rings is 1. The van der Waals surface area contributed by atoms with Gasteiger partial charge in [0.2, 0.25) is 5.91 Å². The maximum Gasteiger partial charge on any atom is 0.259 e. The fourth-order valence-corrected chi connectivity index (χ4v) is 3.23. The average molecular weight is 392 g/mol. The number of hydrogen-bond donors (Lipinski definition) is 3. The summed E-state index contributed by atoms with van der Waals surface area (Å²) in [6.45, 7) is 3.57. The number of nitrogens with zero attached hydrogens (tertiary/aromatic N) is 1. The van der Waals surface area contributed by atoms with Crippen molar-refractivity contribution in [2.75, 3.05) is 20.8 Å². The van der Waals surface area contributed by atoms with Gasteiger partial charge in [-0.2, -0.15) is 0 Å². The number of hydrazine groups is 1. The molecule has 1 fully saturated rings. The molecule has 1 aliphatic rings. The molecule has 1 aliphatic heterocycles. The van der Waals surface area contributed by atoms with E-state index in [4.69, 9.17) is 15.3 Å². The summed E-state index contributed by atoms with van der Waals surface area (Å²) in [6, 6.07) is 6.24. The first kappa shape index (κ1) is 21.8. The van der Waals surface area contributed by atoms with E-state index in [1.54, 1.807) is 38.1 Å². The molecule has 1 aromatic carbocycles. The molecule has 0 bridgehead atoms. The van der Waals surface area contributed by atoms with E-state index < -0.39 is 23.8 Å². The Kier molecular flexibility index (Phi) is 7.11. The molecule has 1 heterocycles. The summed E-state index contributed by atoms with van der Waals surface area (Å²) >= 11 is 0. The van der Waals surface area contributed by atoms with Crippen LogP contribution in [0, 0.1) is 0 Å². The van der Waals surface area contributed by atoms with Gasteiger partial charge >= 0.3 is 0 Å². The molecular formula is C19H28N4O5. The minimum Gasteiger partial charge on any atom is -0.352 e. The second-order valence-electron chi connectivity index (χ2n) is 7.17. The lowest BCUT2D eigenvalue weighted by atomic mass is 10.0. The predicted octanol–water partition coefficient (Wildman–Crippen LogP) is 0.467. The lowest BCUT2D eigenvalue weighted by molar-refractivity contribution is -0.134. The summed E-state index contributed by atoms with van der Waals surface area (Å²) in [5.41, 5.74) is 2.10. The monoisotopic (exact) mass is 392 g/mol. The number of methoxy groups -OCH3 is 2. The van der Waals surface area contributed by atoms with Crippen LogP contribution >= 0.6 is 0 Å². The Morgan fingerprint density at radius 3 is 2.32 bits per heavy atom. The maximum absolute atomic E-state index is 12.9. The van der Waals surface area contributed by atoms with Gasteiger partial charge in [0, 0.05) is 31.9 Å². The Morgan fingerprint density at radius 2 is 1.79 bits per heavy atom. The van der Waals surface area contributed by atoms with Crippen LogP contribution < -0.4 is 16.6 Å². The minimum absolute atomic E-state index is 0.239. The van der Waals surface area contributed by atoms with Crippen LogP contribution in [0.15, 0.2) is 24.3 Å². The van der Waals surface area contributed by atoms with Gasteiger partial charge in [0.05, 0.1) is 0 Å². The summed E-state index contributed by atoms with van der Waals surface area (Å²) < 4.78 is 10.4. The molecule has 3 amide bonds. The van der Waals surface area contributed by atoms with E-state index >= 15 is 0 Å². The van der Waals surface area contributed by atoms with E-state index in [2.05, 4.69) is 5.32 Å². The van der Waals surface area contributed by atoms with Crippen LogP contribution in [0.3, 0.4) is 0 Å². The van der Waals surface area contributed by atoms with E-state index in [1.165, 1.54) is 19.1 Å². The molecule has 2 rings (SSSR count). The Balaban J connectivity index is 2.12. The number of carbonyl (C=O) groups excluding carboxylic acids is 3. The summed E-state index contributed by atoms with van der Waals surface area (Å²) in [5, 5.41) is 2.67. The highest BCUT2D eigenvalue weighted by Gasteiger charge is 2.38. The standard InChI is InChI=1S/C19H28N4O5/c1-19(2,18(26)22-20)21-15(24)14-6-5-11-23(14)16(25)12-7-9-13(10-8-12)17(27-3)28-4/h7-10,14,17H,5-6,11,20H2,1-4H3,(H,21,24)(H,22,26)/t14-/m0/s1. The van der Waals surface area contributed by atoms with Crippen LogP contribution in [0.25, 0.3) is 0 Å². The highest BCUT2D eigenvalue weighted by molar-refractivity contribution is 5.99. The Hall–Kier alpha value is -2.49. The third-order valence-electron chi connectivity index (χ3n) is 4.81. The van der Waals surface area contributed by atoms with Crippen LogP contribution in [0.5, 0.6) is 0 Å². The number of hydrogen-bond acceptors (Lipinski definition) is 6. The molecule has 4 N–H and O–H groups in total. The predicted molar refractivity (Wildman–Crippen MR) is 102 cm³/mol. The molecule has 0 aromatic heterocycles. The summed E-state index contributed by atoms with van der Waals surface area (Å²) in [6.07, 6.45) is 0.733. The van der Waals surface area contributed by atoms with Gasteiger partial charge in [-0.05, 0) is 38.8 Å². The fourth-order valence-electron chi connectivity index (χ4n) is 3.23. The van der Waals surface area contributed by atoms with Crippen LogP contribution in [0.1, 0.15) is 48.9 Å². The second-order valence-corrected chi connectivity index (χ2v) is 7.17. The van der Waals surface area contributed by atoms with E-state index in [1.807, 2.05) is 5.43 Å². The van der Waals surface area contributed by atoms with Crippen molar-refractivity contribution in [3.63, 3.8) is 0 Å². The zero-order valence-corrected chi connectivity index (χ0v) is 16.7. The molecule has 0 unspecified atom stereocenters. The molecule has 28 heavy (non-hydrogen) atoms. The molecule has 9 nitrogen and oxygen atoms in total. The Labute approximate surface area is 164 Å². The third kappa shape index (κ3) is 4.67. The second kappa shape index (κ2) is 9.13. The first-order valence-electron chi connectivity index (χ1n) is 9.04. The molecule has 154 valence electrons. The van der Waals surface area contributed by atoms with Crippen molar-refractivity contribution >= 4 is 17.7 Å². The topological polar surface area (TPSA) is 123 Å². The van der Waals surface area contributed by atoms with Crippen molar-refractivity contribution < 1.29 is 23.9 Å². The zero-order valence-electron chi connectivity index (χ0n) is 16.7. The van der Waals surface area contributed by atoms with Gasteiger partial charge in [-0.1, -0.05) is 12.1 Å². The van der Waals surface area contributed by atoms with Gasteiger partial charge in [0.25, 0.3) is 11.8 Å². The largest absolute Gasteiger partial charge is 0.352 e. The van der Waals surface area contributed by atoms with Crippen LogP contribution in [-0.2, 0) is 19.1 Å². The minimum atomic E-state index is -1.18. The van der Waals surface area contributed by atoms with Gasteiger partial charge < -0.3 is 19.7 Å².